The number of nitrogens with zero attached hydrogens (tertiary/aromatic N) is 2. The van der Waals surface area contributed by atoms with Crippen LogP contribution in [0.15, 0.2) is 30.5 Å². The number of benzene rings is 1. The summed E-state index contributed by atoms with van der Waals surface area (Å²) < 4.78 is 7.43. The smallest absolute Gasteiger partial charge is 0.119 e. The molecule has 20 heavy (non-hydrogen) atoms. The Kier molecular flexibility index (Phi) is 3.49. The summed E-state index contributed by atoms with van der Waals surface area (Å²) in [4.78, 5) is 0. The molecular weight excluding hydrogens is 250 g/mol. The molecule has 3 rings (SSSR count). The summed E-state index contributed by atoms with van der Waals surface area (Å²) in [5.41, 5.74) is 3.81. The molecule has 4 nitrogen and oxygen atoms in total. The van der Waals surface area contributed by atoms with Gasteiger partial charge >= 0.3 is 0 Å². The van der Waals surface area contributed by atoms with E-state index in [0.717, 1.165) is 24.3 Å². The van der Waals surface area contributed by atoms with Crippen molar-refractivity contribution in [3.63, 3.8) is 0 Å². The molecule has 1 aliphatic rings. The summed E-state index contributed by atoms with van der Waals surface area (Å²) in [6.45, 7) is 2.03. The fourth-order valence-corrected chi connectivity index (χ4v) is 3.16. The molecule has 1 heterocycles. The normalized spacial score (nSPS) is 21.6. The number of hydrogen-bond donors (Lipinski definition) is 1. The monoisotopic (exact) mass is 271 g/mol. The van der Waals surface area contributed by atoms with E-state index in [4.69, 9.17) is 4.74 Å². The second kappa shape index (κ2) is 5.29. The number of methoxy groups -OCH3 is 1. The van der Waals surface area contributed by atoms with E-state index in [0.29, 0.717) is 12.1 Å². The summed E-state index contributed by atoms with van der Waals surface area (Å²) in [5.74, 6) is 0.937. The largest absolute Gasteiger partial charge is 0.497 e. The average molecular weight is 271 g/mol. The Morgan fingerprint density at radius 2 is 2.20 bits per heavy atom. The maximum absolute atomic E-state index is 5.33. The van der Waals surface area contributed by atoms with Gasteiger partial charge in [0.15, 0.2) is 0 Å². The topological polar surface area (TPSA) is 39.1 Å². The molecule has 0 saturated heterocycles. The van der Waals surface area contributed by atoms with Crippen LogP contribution in [0.4, 0.5) is 0 Å². The van der Waals surface area contributed by atoms with E-state index in [1.165, 1.54) is 11.1 Å². The molecule has 0 saturated carbocycles. The molecule has 0 bridgehead atoms. The molecule has 2 atom stereocenters. The Morgan fingerprint density at radius 3 is 2.85 bits per heavy atom. The average Bonchev–Trinajstić information content (AvgIpc) is 2.91. The third-order valence-electron chi connectivity index (χ3n) is 4.17. The van der Waals surface area contributed by atoms with Crippen LogP contribution >= 0.6 is 0 Å². The Morgan fingerprint density at radius 1 is 1.35 bits per heavy atom. The number of hydrogen-bond acceptors (Lipinski definition) is 3. The summed E-state index contributed by atoms with van der Waals surface area (Å²) in [6, 6.07) is 9.11. The molecule has 1 aromatic heterocycles. The molecule has 0 radical (unpaired) electrons. The number of ether oxygens (including phenoxy) is 1. The second-order valence-electron chi connectivity index (χ2n) is 5.37. The van der Waals surface area contributed by atoms with Crippen LogP contribution in [0.3, 0.4) is 0 Å². The fourth-order valence-electron chi connectivity index (χ4n) is 3.16. The van der Waals surface area contributed by atoms with Crippen molar-refractivity contribution in [1.29, 1.82) is 0 Å². The van der Waals surface area contributed by atoms with E-state index >= 15 is 0 Å². The van der Waals surface area contributed by atoms with Crippen LogP contribution in [0, 0.1) is 6.92 Å². The van der Waals surface area contributed by atoms with Gasteiger partial charge in [0.2, 0.25) is 0 Å². The van der Waals surface area contributed by atoms with Gasteiger partial charge in [0.1, 0.15) is 5.75 Å². The number of aromatic nitrogens is 2. The van der Waals surface area contributed by atoms with Crippen LogP contribution in [0.5, 0.6) is 5.75 Å². The molecule has 0 amide bonds. The SMILES string of the molecule is CNC1c2ccc(OC)cc2CCC1n1ccc(C)n1. The van der Waals surface area contributed by atoms with E-state index < -0.39 is 0 Å². The van der Waals surface area contributed by atoms with Gasteiger partial charge in [-0.25, -0.2) is 0 Å². The van der Waals surface area contributed by atoms with Crippen molar-refractivity contribution in [1.82, 2.24) is 15.1 Å². The van der Waals surface area contributed by atoms with Crippen molar-refractivity contribution >= 4 is 0 Å². The maximum Gasteiger partial charge on any atom is 0.119 e. The summed E-state index contributed by atoms with van der Waals surface area (Å²) in [7, 11) is 3.74. The summed E-state index contributed by atoms with van der Waals surface area (Å²) >= 11 is 0. The fraction of sp³-hybridized carbons (Fsp3) is 0.438. The summed E-state index contributed by atoms with van der Waals surface area (Å²) in [6.07, 6.45) is 4.24. The Hall–Kier alpha value is -1.81. The third-order valence-corrected chi connectivity index (χ3v) is 4.17. The summed E-state index contributed by atoms with van der Waals surface area (Å²) in [5, 5.41) is 8.04. The second-order valence-corrected chi connectivity index (χ2v) is 5.37. The van der Waals surface area contributed by atoms with Crippen molar-refractivity contribution in [2.75, 3.05) is 14.2 Å². The van der Waals surface area contributed by atoms with Gasteiger partial charge in [-0.3, -0.25) is 4.68 Å². The molecule has 0 fully saturated rings. The van der Waals surface area contributed by atoms with Gasteiger partial charge in [-0.05, 0) is 56.1 Å². The number of fused-ring (bicyclic) bond motifs is 1. The number of rotatable bonds is 3. The quantitative estimate of drug-likeness (QED) is 0.932. The van der Waals surface area contributed by atoms with Gasteiger partial charge in [0, 0.05) is 6.20 Å². The first-order valence-corrected chi connectivity index (χ1v) is 7.08. The van der Waals surface area contributed by atoms with Crippen LogP contribution in [-0.2, 0) is 6.42 Å². The lowest BCUT2D eigenvalue weighted by Gasteiger charge is -2.33. The van der Waals surface area contributed by atoms with Gasteiger partial charge in [-0.1, -0.05) is 6.07 Å². The van der Waals surface area contributed by atoms with Crippen molar-refractivity contribution in [2.45, 2.75) is 31.8 Å². The molecule has 0 spiro atoms. The molecule has 4 heteroatoms. The zero-order chi connectivity index (χ0) is 14.1. The minimum absolute atomic E-state index is 0.295. The van der Waals surface area contributed by atoms with E-state index in [1.807, 2.05) is 20.0 Å². The predicted octanol–water partition coefficient (Wildman–Crippen LogP) is 2.65. The molecule has 1 N–H and O–H groups in total. The van der Waals surface area contributed by atoms with Gasteiger partial charge in [-0.2, -0.15) is 5.10 Å². The highest BCUT2D eigenvalue weighted by Crippen LogP contribution is 2.38. The standard InChI is InChI=1S/C16H21N3O/c1-11-8-9-19(18-11)15-7-4-12-10-13(20-3)5-6-14(12)16(15)17-2/h5-6,8-10,15-17H,4,7H2,1-3H3. The molecule has 0 aliphatic heterocycles. The molecule has 2 unspecified atom stereocenters. The van der Waals surface area contributed by atoms with Crippen LogP contribution in [0.1, 0.15) is 35.3 Å². The number of likely N-dealkylation sites (N-methyl/N-ethyl adjacent to an activating group) is 1. The van der Waals surface area contributed by atoms with Crippen LogP contribution in [-0.4, -0.2) is 23.9 Å². The van der Waals surface area contributed by atoms with Gasteiger partial charge in [0.25, 0.3) is 0 Å². The third kappa shape index (κ3) is 2.20. The van der Waals surface area contributed by atoms with Crippen LogP contribution < -0.4 is 10.1 Å². The maximum atomic E-state index is 5.33. The Labute approximate surface area is 119 Å². The first kappa shape index (κ1) is 13.2. The highest BCUT2D eigenvalue weighted by atomic mass is 16.5. The number of aryl methyl sites for hydroxylation is 2. The number of nitrogens with one attached hydrogen (secondary N) is 1. The highest BCUT2D eigenvalue weighted by molar-refractivity contribution is 5.40. The molecular formula is C16H21N3O. The molecule has 1 aliphatic carbocycles. The van der Waals surface area contributed by atoms with E-state index in [-0.39, 0.29) is 0 Å². The molecule has 2 aromatic rings. The van der Waals surface area contributed by atoms with Crippen molar-refractivity contribution in [2.24, 2.45) is 0 Å². The van der Waals surface area contributed by atoms with Crippen molar-refractivity contribution in [3.8, 4) is 5.75 Å². The van der Waals surface area contributed by atoms with E-state index in [1.54, 1.807) is 7.11 Å². The highest BCUT2D eigenvalue weighted by Gasteiger charge is 2.30. The van der Waals surface area contributed by atoms with Crippen molar-refractivity contribution < 1.29 is 4.74 Å². The van der Waals surface area contributed by atoms with Gasteiger partial charge in [-0.15, -0.1) is 0 Å². The Bertz CT molecular complexity index is 606. The molecule has 1 aromatic carbocycles. The van der Waals surface area contributed by atoms with E-state index in [2.05, 4.69) is 39.5 Å². The van der Waals surface area contributed by atoms with Crippen LogP contribution in [0.25, 0.3) is 0 Å². The zero-order valence-corrected chi connectivity index (χ0v) is 12.3. The van der Waals surface area contributed by atoms with E-state index in [9.17, 15) is 0 Å². The van der Waals surface area contributed by atoms with Gasteiger partial charge in [0.05, 0.1) is 24.9 Å². The lowest BCUT2D eigenvalue weighted by molar-refractivity contribution is 0.307. The van der Waals surface area contributed by atoms with Gasteiger partial charge < -0.3 is 10.1 Å². The Balaban J connectivity index is 1.97. The minimum atomic E-state index is 0.295. The lowest BCUT2D eigenvalue weighted by Crippen LogP contribution is -2.32. The predicted molar refractivity (Wildman–Crippen MR) is 79.1 cm³/mol. The van der Waals surface area contributed by atoms with Crippen molar-refractivity contribution in [3.05, 3.63) is 47.3 Å². The first-order valence-electron chi connectivity index (χ1n) is 7.08. The van der Waals surface area contributed by atoms with Crippen LogP contribution in [0.2, 0.25) is 0 Å². The minimum Gasteiger partial charge on any atom is -0.497 e. The molecule has 106 valence electrons. The zero-order valence-electron chi connectivity index (χ0n) is 12.3. The first-order chi connectivity index (χ1) is 9.72. The lowest BCUT2D eigenvalue weighted by atomic mass is 9.84.